The number of aryl methyl sites for hydroxylation is 1. The van der Waals surface area contributed by atoms with Gasteiger partial charge in [0.1, 0.15) is 5.69 Å². The van der Waals surface area contributed by atoms with Crippen LogP contribution < -0.4 is 16.1 Å². The Balaban J connectivity index is 1.85. The molecule has 3 N–H and O–H groups in total. The summed E-state index contributed by atoms with van der Waals surface area (Å²) in [6.45, 7) is 3.40. The molecule has 2 aliphatic rings. The lowest BCUT2D eigenvalue weighted by molar-refractivity contribution is -0.284. The first-order valence-electron chi connectivity index (χ1n) is 10.1. The maximum absolute atomic E-state index is 13.1. The van der Waals surface area contributed by atoms with Crippen molar-refractivity contribution in [3.63, 3.8) is 0 Å². The van der Waals surface area contributed by atoms with E-state index in [1.165, 1.54) is 40.2 Å². The lowest BCUT2D eigenvalue weighted by atomic mass is 10.1. The van der Waals surface area contributed by atoms with Crippen molar-refractivity contribution < 1.29 is 30.4 Å². The molecule has 15 heteroatoms. The number of anilines is 2. The number of nitrogens with two attached hydrogens (primary N) is 1. The smallest absolute Gasteiger partial charge is 0.399 e. The molecule has 35 heavy (non-hydrogen) atoms. The SMILES string of the molecule is Cc1sc(SCCCCC(F)(F)C(F)(F)F)c2c(NS(=O)(=O)c3ccc(N)cc3)nc(=O)n-2c1C. The number of hydrogen-bond acceptors (Lipinski definition) is 7. The average molecular weight is 557 g/mol. The number of nitrogens with one attached hydrogen (secondary N) is 1. The Hall–Kier alpha value is -2.39. The molecule has 0 bridgehead atoms. The molecule has 0 saturated heterocycles. The zero-order valence-electron chi connectivity index (χ0n) is 18.4. The van der Waals surface area contributed by atoms with Gasteiger partial charge in [0.25, 0.3) is 10.0 Å². The fourth-order valence-corrected chi connectivity index (χ4v) is 6.61. The van der Waals surface area contributed by atoms with Crippen molar-refractivity contribution in [2.24, 2.45) is 0 Å². The summed E-state index contributed by atoms with van der Waals surface area (Å²) in [5.74, 6) is -4.80. The van der Waals surface area contributed by atoms with Crippen LogP contribution in [-0.4, -0.2) is 35.8 Å². The predicted molar refractivity (Wildman–Crippen MR) is 126 cm³/mol. The van der Waals surface area contributed by atoms with Crippen molar-refractivity contribution in [3.05, 3.63) is 45.3 Å². The largest absolute Gasteiger partial charge is 0.453 e. The maximum Gasteiger partial charge on any atom is 0.453 e. The number of nitrogens with zero attached hydrogens (tertiary/aromatic N) is 2. The van der Waals surface area contributed by atoms with Gasteiger partial charge >= 0.3 is 17.8 Å². The molecule has 1 aromatic carbocycles. The number of rotatable bonds is 9. The summed E-state index contributed by atoms with van der Waals surface area (Å²) in [5.41, 5.74) is 5.96. The number of alkyl halides is 5. The molecule has 1 aromatic rings. The van der Waals surface area contributed by atoms with E-state index in [0.29, 0.717) is 15.6 Å². The van der Waals surface area contributed by atoms with E-state index in [0.717, 1.165) is 16.6 Å². The molecule has 0 radical (unpaired) electrons. The molecule has 3 rings (SSSR count). The number of nitrogen functional groups attached to an aromatic ring is 1. The summed E-state index contributed by atoms with van der Waals surface area (Å²) < 4.78 is 92.9. The second-order valence-electron chi connectivity index (χ2n) is 7.64. The van der Waals surface area contributed by atoms with Crippen LogP contribution in [0.5, 0.6) is 0 Å². The first-order chi connectivity index (χ1) is 16.1. The van der Waals surface area contributed by atoms with Gasteiger partial charge in [-0.1, -0.05) is 0 Å². The van der Waals surface area contributed by atoms with Crippen LogP contribution in [0.1, 0.15) is 29.8 Å². The molecular formula is C20H21F5N4O3S3. The van der Waals surface area contributed by atoms with Crippen molar-refractivity contribution in [1.29, 1.82) is 0 Å². The summed E-state index contributed by atoms with van der Waals surface area (Å²) in [6.07, 6.45) is -7.24. The quantitative estimate of drug-likeness (QED) is 0.163. The summed E-state index contributed by atoms with van der Waals surface area (Å²) >= 11 is 2.36. The summed E-state index contributed by atoms with van der Waals surface area (Å²) in [6, 6.07) is 5.38. The fourth-order valence-electron chi connectivity index (χ4n) is 3.08. The topological polar surface area (TPSA) is 107 Å². The normalized spacial score (nSPS) is 12.9. The molecule has 0 aliphatic carbocycles. The average Bonchev–Trinajstić information content (AvgIpc) is 3.06. The van der Waals surface area contributed by atoms with Gasteiger partial charge in [0.15, 0.2) is 5.82 Å². The monoisotopic (exact) mass is 556 g/mol. The Morgan fingerprint density at radius 1 is 1.11 bits per heavy atom. The predicted octanol–water partition coefficient (Wildman–Crippen LogP) is 5.19. The van der Waals surface area contributed by atoms with Crippen LogP contribution in [0.25, 0.3) is 5.69 Å². The molecule has 2 aliphatic heterocycles. The van der Waals surface area contributed by atoms with Gasteiger partial charge in [0.05, 0.1) is 9.10 Å². The van der Waals surface area contributed by atoms with Crippen LogP contribution in [0.15, 0.2) is 38.2 Å². The van der Waals surface area contributed by atoms with Gasteiger partial charge in [-0.2, -0.15) is 26.9 Å². The Kier molecular flexibility index (Phi) is 7.72. The van der Waals surface area contributed by atoms with E-state index >= 15 is 0 Å². The van der Waals surface area contributed by atoms with Gasteiger partial charge < -0.3 is 5.73 Å². The number of sulfonamides is 1. The van der Waals surface area contributed by atoms with Crippen LogP contribution >= 0.6 is 23.1 Å². The van der Waals surface area contributed by atoms with Crippen molar-refractivity contribution >= 4 is 44.6 Å². The van der Waals surface area contributed by atoms with Gasteiger partial charge in [-0.3, -0.25) is 9.29 Å². The van der Waals surface area contributed by atoms with Crippen LogP contribution in [0, 0.1) is 13.8 Å². The second-order valence-corrected chi connectivity index (χ2v) is 11.9. The first-order valence-corrected chi connectivity index (χ1v) is 13.4. The summed E-state index contributed by atoms with van der Waals surface area (Å²) in [7, 11) is -4.12. The highest BCUT2D eigenvalue weighted by molar-refractivity contribution is 8.01. The maximum atomic E-state index is 13.1. The molecule has 0 fully saturated rings. The van der Waals surface area contributed by atoms with E-state index in [9.17, 15) is 35.2 Å². The van der Waals surface area contributed by atoms with Gasteiger partial charge in [-0.05, 0) is 56.7 Å². The third-order valence-electron chi connectivity index (χ3n) is 5.09. The number of halogens is 5. The van der Waals surface area contributed by atoms with Gasteiger partial charge in [-0.15, -0.1) is 23.1 Å². The Morgan fingerprint density at radius 3 is 2.34 bits per heavy atom. The molecular weight excluding hydrogens is 535 g/mol. The molecule has 0 amide bonds. The fraction of sp³-hybridized carbons (Fsp3) is 0.400. The van der Waals surface area contributed by atoms with Gasteiger partial charge in [0.2, 0.25) is 0 Å². The molecule has 0 atom stereocenters. The number of imidazole rings is 1. The Bertz CT molecular complexity index is 1340. The molecule has 0 spiro atoms. The van der Waals surface area contributed by atoms with E-state index in [4.69, 9.17) is 5.73 Å². The van der Waals surface area contributed by atoms with Crippen LogP contribution in [0.2, 0.25) is 0 Å². The van der Waals surface area contributed by atoms with E-state index < -0.39 is 34.2 Å². The highest BCUT2D eigenvalue weighted by atomic mass is 32.2. The van der Waals surface area contributed by atoms with Gasteiger partial charge in [-0.25, -0.2) is 13.2 Å². The van der Waals surface area contributed by atoms with Crippen molar-refractivity contribution in [2.45, 2.75) is 54.3 Å². The first kappa shape index (κ1) is 27.2. The lowest BCUT2D eigenvalue weighted by Gasteiger charge is -2.19. The number of fused-ring (bicyclic) bond motifs is 1. The number of benzene rings is 1. The Labute approximate surface area is 205 Å². The minimum Gasteiger partial charge on any atom is -0.399 e. The van der Waals surface area contributed by atoms with Crippen molar-refractivity contribution in [3.8, 4) is 5.69 Å². The standard InChI is InChI=1S/C20H21F5N4O3S3/c1-11-12(2)34-17(33-10-4-3-9-19(21,22)20(23,24)25)15-16(27-18(30)29(11)15)28-35(31,32)14-7-5-13(26)6-8-14/h5-8H,3-4,9-10,26H2,1-2H3,(H,27,28,30). The highest BCUT2D eigenvalue weighted by Gasteiger charge is 2.56. The molecule has 2 heterocycles. The third kappa shape index (κ3) is 5.89. The number of hydrogen-bond donors (Lipinski definition) is 2. The molecule has 0 aromatic heterocycles. The van der Waals surface area contributed by atoms with Crippen molar-refractivity contribution in [2.75, 3.05) is 16.2 Å². The number of thioether (sulfide) groups is 1. The van der Waals surface area contributed by atoms with Crippen molar-refractivity contribution in [1.82, 2.24) is 9.55 Å². The molecule has 0 unspecified atom stereocenters. The highest BCUT2D eigenvalue weighted by Crippen LogP contribution is 2.41. The number of aromatic nitrogens is 2. The summed E-state index contributed by atoms with van der Waals surface area (Å²) in [4.78, 5) is 17.0. The minimum absolute atomic E-state index is 0.0486. The van der Waals surface area contributed by atoms with E-state index in [1.54, 1.807) is 13.8 Å². The number of unbranched alkanes of at least 4 members (excludes halogenated alkanes) is 1. The summed E-state index contributed by atoms with van der Waals surface area (Å²) in [5, 5.41) is 0. The molecule has 7 nitrogen and oxygen atoms in total. The van der Waals surface area contributed by atoms with Crippen LogP contribution in [0.3, 0.4) is 0 Å². The second kappa shape index (κ2) is 9.93. The van der Waals surface area contributed by atoms with Gasteiger partial charge in [0, 0.05) is 22.7 Å². The van der Waals surface area contributed by atoms with E-state index in [2.05, 4.69) is 9.71 Å². The third-order valence-corrected chi connectivity index (χ3v) is 8.97. The zero-order valence-corrected chi connectivity index (χ0v) is 20.9. The van der Waals surface area contributed by atoms with E-state index in [1.807, 2.05) is 0 Å². The lowest BCUT2D eigenvalue weighted by Crippen LogP contribution is -2.36. The minimum atomic E-state index is -5.60. The molecule has 192 valence electrons. The molecule has 0 saturated carbocycles. The Morgan fingerprint density at radius 2 is 1.74 bits per heavy atom. The zero-order chi connectivity index (χ0) is 26.2. The van der Waals surface area contributed by atoms with E-state index in [-0.39, 0.29) is 35.0 Å². The van der Waals surface area contributed by atoms with Crippen LogP contribution in [-0.2, 0) is 10.0 Å². The van der Waals surface area contributed by atoms with Crippen LogP contribution in [0.4, 0.5) is 33.5 Å².